The van der Waals surface area contributed by atoms with Crippen LogP contribution in [0.2, 0.25) is 0 Å². The van der Waals surface area contributed by atoms with E-state index in [1.165, 1.54) is 12.8 Å². The van der Waals surface area contributed by atoms with Gasteiger partial charge in [-0.1, -0.05) is 47.8 Å². The molecule has 1 heterocycles. The van der Waals surface area contributed by atoms with Crippen LogP contribution in [-0.4, -0.2) is 14.9 Å². The molecule has 1 unspecified atom stereocenters. The van der Waals surface area contributed by atoms with Crippen LogP contribution in [0, 0.1) is 0 Å². The normalized spacial score (nSPS) is 28.5. The second-order valence-corrected chi connectivity index (χ2v) is 9.34. The topological polar surface area (TPSA) is 9.23 Å². The summed E-state index contributed by atoms with van der Waals surface area (Å²) >= 11 is 10.3. The van der Waals surface area contributed by atoms with E-state index in [1.54, 1.807) is 0 Å². The average molecular weight is 337 g/mol. The van der Waals surface area contributed by atoms with E-state index in [2.05, 4.69) is 47.8 Å². The van der Waals surface area contributed by atoms with E-state index in [-0.39, 0.29) is 8.25 Å². The van der Waals surface area contributed by atoms with Crippen LogP contribution in [0.3, 0.4) is 0 Å². The lowest BCUT2D eigenvalue weighted by Crippen LogP contribution is -2.30. The van der Waals surface area contributed by atoms with Gasteiger partial charge in [-0.25, -0.2) is 0 Å². The van der Waals surface area contributed by atoms with Crippen LogP contribution in [0.4, 0.5) is 0 Å². The van der Waals surface area contributed by atoms with Crippen LogP contribution >= 0.6 is 47.8 Å². The number of hydrogen-bond donors (Lipinski definition) is 0. The number of alkyl halides is 3. The molecule has 1 aliphatic rings. The molecule has 1 nitrogen and oxygen atoms in total. The number of ether oxygens (including phenoxy) is 1. The first-order valence-corrected chi connectivity index (χ1v) is 5.67. The Balaban J connectivity index is 2.39. The van der Waals surface area contributed by atoms with E-state index in [0.717, 1.165) is 13.0 Å². The van der Waals surface area contributed by atoms with Crippen LogP contribution < -0.4 is 0 Å². The number of rotatable bonds is 0. The van der Waals surface area contributed by atoms with Crippen LogP contribution in [0.25, 0.3) is 0 Å². The van der Waals surface area contributed by atoms with Crippen molar-refractivity contribution in [3.8, 4) is 0 Å². The highest BCUT2D eigenvalue weighted by Crippen LogP contribution is 2.41. The molecule has 1 fully saturated rings. The molecule has 0 aromatic carbocycles. The zero-order valence-electron chi connectivity index (χ0n) is 5.45. The molecule has 0 aromatic heterocycles. The summed E-state index contributed by atoms with van der Waals surface area (Å²) in [6.45, 7) is 0.884. The maximum absolute atomic E-state index is 5.50. The second kappa shape index (κ2) is 3.87. The highest BCUT2D eigenvalue weighted by atomic mass is 80.0. The van der Waals surface area contributed by atoms with Crippen LogP contribution in [0.15, 0.2) is 0 Å². The van der Waals surface area contributed by atoms with Crippen molar-refractivity contribution >= 4 is 47.8 Å². The molecule has 60 valence electrons. The largest absolute Gasteiger partial charge is 0.375 e. The van der Waals surface area contributed by atoms with Crippen LogP contribution in [0.5, 0.6) is 0 Å². The third-order valence-corrected chi connectivity index (χ3v) is 3.08. The molecule has 0 bridgehead atoms. The minimum atomic E-state index is -0.215. The molecule has 0 aliphatic carbocycles. The lowest BCUT2D eigenvalue weighted by Gasteiger charge is -2.29. The zero-order valence-corrected chi connectivity index (χ0v) is 10.2. The van der Waals surface area contributed by atoms with Gasteiger partial charge in [0.05, 0.1) is 6.10 Å². The second-order valence-electron chi connectivity index (χ2n) is 2.40. The minimum Gasteiger partial charge on any atom is -0.375 e. The first-order valence-electron chi connectivity index (χ1n) is 3.29. The Morgan fingerprint density at radius 1 is 1.20 bits per heavy atom. The van der Waals surface area contributed by atoms with Gasteiger partial charge >= 0.3 is 0 Å². The third kappa shape index (κ3) is 2.80. The summed E-state index contributed by atoms with van der Waals surface area (Å²) < 4.78 is 5.29. The van der Waals surface area contributed by atoms with E-state index >= 15 is 0 Å². The summed E-state index contributed by atoms with van der Waals surface area (Å²) in [7, 11) is 0. The highest BCUT2D eigenvalue weighted by Gasteiger charge is 2.32. The Hall–Kier alpha value is 1.40. The van der Waals surface area contributed by atoms with Crippen LogP contribution in [0.1, 0.15) is 19.3 Å². The van der Waals surface area contributed by atoms with E-state index in [1.807, 2.05) is 0 Å². The molecule has 0 spiro atoms. The standard InChI is InChI=1S/C6H9Br3O/c7-6(8,9)5-3-1-2-4-10-5/h5H,1-4H2. The maximum atomic E-state index is 5.50. The Kier molecular flexibility index (Phi) is 3.68. The van der Waals surface area contributed by atoms with Gasteiger partial charge in [0.1, 0.15) is 0 Å². The fourth-order valence-electron chi connectivity index (χ4n) is 0.999. The summed E-state index contributed by atoms with van der Waals surface area (Å²) in [6, 6.07) is 0. The fraction of sp³-hybridized carbons (Fsp3) is 1.00. The van der Waals surface area contributed by atoms with Crippen molar-refractivity contribution in [2.75, 3.05) is 6.61 Å². The number of halogens is 3. The van der Waals surface area contributed by atoms with Gasteiger partial charge in [-0.2, -0.15) is 0 Å². The minimum absolute atomic E-state index is 0.215. The highest BCUT2D eigenvalue weighted by molar-refractivity contribution is 9.39. The molecule has 0 aromatic rings. The summed E-state index contributed by atoms with van der Waals surface area (Å²) in [4.78, 5) is 0. The number of hydrogen-bond acceptors (Lipinski definition) is 1. The van der Waals surface area contributed by atoms with Crippen molar-refractivity contribution in [3.05, 3.63) is 0 Å². The van der Waals surface area contributed by atoms with Gasteiger partial charge in [0.15, 0.2) is 2.14 Å². The van der Waals surface area contributed by atoms with E-state index in [0.29, 0.717) is 0 Å². The van der Waals surface area contributed by atoms with Crippen molar-refractivity contribution in [2.24, 2.45) is 0 Å². The molecule has 0 saturated carbocycles. The molecule has 1 saturated heterocycles. The van der Waals surface area contributed by atoms with E-state index in [9.17, 15) is 0 Å². The van der Waals surface area contributed by atoms with Crippen molar-refractivity contribution in [1.82, 2.24) is 0 Å². The summed E-state index contributed by atoms with van der Waals surface area (Å²) in [6.07, 6.45) is 3.82. The van der Waals surface area contributed by atoms with Crippen LogP contribution in [-0.2, 0) is 4.74 Å². The lowest BCUT2D eigenvalue weighted by atomic mass is 10.1. The monoisotopic (exact) mass is 334 g/mol. The molecule has 0 radical (unpaired) electrons. The van der Waals surface area contributed by atoms with Gasteiger partial charge in [0.2, 0.25) is 0 Å². The van der Waals surface area contributed by atoms with Gasteiger partial charge in [-0.3, -0.25) is 0 Å². The van der Waals surface area contributed by atoms with Crippen molar-refractivity contribution in [1.29, 1.82) is 0 Å². The van der Waals surface area contributed by atoms with Crippen molar-refractivity contribution in [3.63, 3.8) is 0 Å². The Bertz CT molecular complexity index is 104. The molecule has 0 amide bonds. The predicted molar refractivity (Wildman–Crippen MR) is 53.1 cm³/mol. The Labute approximate surface area is 86.3 Å². The maximum Gasteiger partial charge on any atom is 0.160 e. The van der Waals surface area contributed by atoms with Gasteiger partial charge in [0.25, 0.3) is 0 Å². The quantitative estimate of drug-likeness (QED) is 0.616. The molecule has 10 heavy (non-hydrogen) atoms. The smallest absolute Gasteiger partial charge is 0.160 e. The third-order valence-electron chi connectivity index (χ3n) is 1.54. The SMILES string of the molecule is BrC(Br)(Br)C1CCCCO1. The van der Waals surface area contributed by atoms with E-state index in [4.69, 9.17) is 4.74 Å². The molecule has 4 heteroatoms. The lowest BCUT2D eigenvalue weighted by molar-refractivity contribution is 0.0251. The summed E-state index contributed by atoms with van der Waals surface area (Å²) in [5, 5.41) is 0. The summed E-state index contributed by atoms with van der Waals surface area (Å²) in [5.74, 6) is 0. The first-order chi connectivity index (χ1) is 4.61. The van der Waals surface area contributed by atoms with E-state index < -0.39 is 0 Å². The Morgan fingerprint density at radius 2 is 1.90 bits per heavy atom. The average Bonchev–Trinajstić information content (AvgIpc) is 1.88. The fourth-order valence-corrected chi connectivity index (χ4v) is 2.08. The molecule has 1 atom stereocenters. The molecular formula is C6H9Br3O. The van der Waals surface area contributed by atoms with Gasteiger partial charge < -0.3 is 4.74 Å². The molecule has 0 N–H and O–H groups in total. The van der Waals surface area contributed by atoms with Gasteiger partial charge in [0, 0.05) is 6.61 Å². The zero-order chi connectivity index (χ0) is 7.61. The van der Waals surface area contributed by atoms with Crippen molar-refractivity contribution in [2.45, 2.75) is 27.5 Å². The van der Waals surface area contributed by atoms with Crippen molar-refractivity contribution < 1.29 is 4.74 Å². The first kappa shape index (κ1) is 9.49. The van der Waals surface area contributed by atoms with Gasteiger partial charge in [-0.15, -0.1) is 0 Å². The molecular weight excluding hydrogens is 328 g/mol. The predicted octanol–water partition coefficient (Wildman–Crippen LogP) is 3.39. The molecule has 1 aliphatic heterocycles. The molecule has 1 rings (SSSR count). The van der Waals surface area contributed by atoms with Gasteiger partial charge in [-0.05, 0) is 19.3 Å². The Morgan fingerprint density at radius 3 is 2.20 bits per heavy atom. The summed E-state index contributed by atoms with van der Waals surface area (Å²) in [5.41, 5.74) is 0.